The van der Waals surface area contributed by atoms with Gasteiger partial charge in [-0.15, -0.1) is 0 Å². The van der Waals surface area contributed by atoms with Crippen LogP contribution in [0.25, 0.3) is 0 Å². The monoisotopic (exact) mass is 540 g/mol. The molecule has 0 spiro atoms. The summed E-state index contributed by atoms with van der Waals surface area (Å²) in [5.74, 6) is -0.792. The summed E-state index contributed by atoms with van der Waals surface area (Å²) in [5, 5.41) is 14.7. The standard InChI is InChI=1S/C31H32N4O5/c1-21(40-20-22-9-4-3-5-10-22)29(34-31(38)33-26-14-8-11-23(15-26)18-32)30(37)35-19-25-13-7-6-12-24(25)16-27(35)17-28(36)39-2/h3-15,21,27,29H,16-17,19-20H2,1-2H3,(H2,33,34,38)/t21-,27-,29+/m1/s1. The summed E-state index contributed by atoms with van der Waals surface area (Å²) in [6, 6.07) is 23.7. The Hall–Kier alpha value is -4.68. The molecule has 0 aromatic heterocycles. The Morgan fingerprint density at radius 1 is 1.02 bits per heavy atom. The molecule has 1 aliphatic rings. The first-order valence-electron chi connectivity index (χ1n) is 13.0. The molecular weight excluding hydrogens is 508 g/mol. The van der Waals surface area contributed by atoms with E-state index in [1.54, 1.807) is 36.1 Å². The molecule has 3 atom stereocenters. The minimum absolute atomic E-state index is 0.0235. The maximum absolute atomic E-state index is 14.1. The molecule has 0 saturated carbocycles. The van der Waals surface area contributed by atoms with Gasteiger partial charge in [0.05, 0.1) is 37.9 Å². The van der Waals surface area contributed by atoms with Gasteiger partial charge in [0, 0.05) is 18.3 Å². The highest BCUT2D eigenvalue weighted by atomic mass is 16.5. The second kappa shape index (κ2) is 13.4. The number of nitrogens with one attached hydrogen (secondary N) is 2. The molecule has 0 aliphatic carbocycles. The summed E-state index contributed by atoms with van der Waals surface area (Å²) in [6.45, 7) is 2.26. The van der Waals surface area contributed by atoms with Crippen LogP contribution in [-0.4, -0.2) is 48.1 Å². The molecule has 9 nitrogen and oxygen atoms in total. The summed E-state index contributed by atoms with van der Waals surface area (Å²) in [5.41, 5.74) is 3.77. The van der Waals surface area contributed by atoms with E-state index in [0.29, 0.717) is 17.7 Å². The molecule has 40 heavy (non-hydrogen) atoms. The highest BCUT2D eigenvalue weighted by Crippen LogP contribution is 2.27. The molecule has 0 unspecified atom stereocenters. The van der Waals surface area contributed by atoms with Gasteiger partial charge >= 0.3 is 12.0 Å². The number of methoxy groups -OCH3 is 1. The van der Waals surface area contributed by atoms with Crippen molar-refractivity contribution in [3.63, 3.8) is 0 Å². The number of amides is 3. The fourth-order valence-corrected chi connectivity index (χ4v) is 4.74. The Morgan fingerprint density at radius 2 is 1.75 bits per heavy atom. The van der Waals surface area contributed by atoms with Gasteiger partial charge in [0.15, 0.2) is 0 Å². The summed E-state index contributed by atoms with van der Waals surface area (Å²) in [4.78, 5) is 41.1. The molecular formula is C31H32N4O5. The smallest absolute Gasteiger partial charge is 0.319 e. The van der Waals surface area contributed by atoms with Crippen molar-refractivity contribution >= 4 is 23.6 Å². The number of urea groups is 1. The van der Waals surface area contributed by atoms with E-state index in [2.05, 4.69) is 10.6 Å². The van der Waals surface area contributed by atoms with E-state index in [9.17, 15) is 19.6 Å². The lowest BCUT2D eigenvalue weighted by Crippen LogP contribution is -2.58. The number of ether oxygens (including phenoxy) is 2. The van der Waals surface area contributed by atoms with Gasteiger partial charge in [-0.05, 0) is 48.2 Å². The van der Waals surface area contributed by atoms with Crippen LogP contribution < -0.4 is 10.6 Å². The summed E-state index contributed by atoms with van der Waals surface area (Å²) < 4.78 is 11.0. The van der Waals surface area contributed by atoms with E-state index in [1.165, 1.54) is 7.11 Å². The van der Waals surface area contributed by atoms with E-state index in [1.807, 2.05) is 60.7 Å². The topological polar surface area (TPSA) is 121 Å². The van der Waals surface area contributed by atoms with Crippen LogP contribution in [0.1, 0.15) is 35.6 Å². The number of rotatable bonds is 9. The lowest BCUT2D eigenvalue weighted by molar-refractivity contribution is -0.146. The highest BCUT2D eigenvalue weighted by Gasteiger charge is 2.38. The summed E-state index contributed by atoms with van der Waals surface area (Å²) in [7, 11) is 1.32. The van der Waals surface area contributed by atoms with E-state index in [0.717, 1.165) is 16.7 Å². The third-order valence-electron chi connectivity index (χ3n) is 6.90. The van der Waals surface area contributed by atoms with Crippen LogP contribution in [0.4, 0.5) is 10.5 Å². The van der Waals surface area contributed by atoms with Gasteiger partial charge in [-0.1, -0.05) is 60.7 Å². The Morgan fingerprint density at radius 3 is 2.48 bits per heavy atom. The molecule has 1 heterocycles. The third kappa shape index (κ3) is 7.24. The van der Waals surface area contributed by atoms with Crippen molar-refractivity contribution in [1.82, 2.24) is 10.2 Å². The van der Waals surface area contributed by atoms with Gasteiger partial charge in [0.25, 0.3) is 0 Å². The van der Waals surface area contributed by atoms with Gasteiger partial charge in [0.1, 0.15) is 6.04 Å². The largest absolute Gasteiger partial charge is 0.469 e. The zero-order valence-electron chi connectivity index (χ0n) is 22.5. The van der Waals surface area contributed by atoms with E-state index in [4.69, 9.17) is 9.47 Å². The Kier molecular flexibility index (Phi) is 9.49. The molecule has 3 amide bonds. The zero-order valence-corrected chi connectivity index (χ0v) is 22.5. The van der Waals surface area contributed by atoms with Crippen LogP contribution in [0, 0.1) is 11.3 Å². The van der Waals surface area contributed by atoms with Crippen LogP contribution in [0.3, 0.4) is 0 Å². The first kappa shape index (κ1) is 28.3. The van der Waals surface area contributed by atoms with Gasteiger partial charge in [-0.2, -0.15) is 5.26 Å². The minimum atomic E-state index is -1.06. The van der Waals surface area contributed by atoms with Gasteiger partial charge in [-0.3, -0.25) is 9.59 Å². The van der Waals surface area contributed by atoms with Crippen molar-refractivity contribution in [2.75, 3.05) is 12.4 Å². The Labute approximate surface area is 233 Å². The third-order valence-corrected chi connectivity index (χ3v) is 6.90. The van der Waals surface area contributed by atoms with Crippen molar-refractivity contribution in [2.45, 2.75) is 51.1 Å². The maximum Gasteiger partial charge on any atom is 0.319 e. The lowest BCUT2D eigenvalue weighted by atomic mass is 9.91. The molecule has 0 saturated heterocycles. The van der Waals surface area contributed by atoms with Crippen molar-refractivity contribution in [1.29, 1.82) is 5.26 Å². The average Bonchev–Trinajstić information content (AvgIpc) is 2.98. The molecule has 0 bridgehead atoms. The van der Waals surface area contributed by atoms with Crippen LogP contribution in [0.2, 0.25) is 0 Å². The summed E-state index contributed by atoms with van der Waals surface area (Å²) >= 11 is 0. The van der Waals surface area contributed by atoms with Crippen molar-refractivity contribution < 1.29 is 23.9 Å². The normalized spacial score (nSPS) is 15.6. The van der Waals surface area contributed by atoms with Crippen LogP contribution in [0.5, 0.6) is 0 Å². The molecule has 4 rings (SSSR count). The van der Waals surface area contributed by atoms with E-state index < -0.39 is 30.2 Å². The first-order valence-corrected chi connectivity index (χ1v) is 13.0. The first-order chi connectivity index (χ1) is 19.4. The number of fused-ring (bicyclic) bond motifs is 1. The maximum atomic E-state index is 14.1. The average molecular weight is 541 g/mol. The number of anilines is 1. The number of hydrogen-bond acceptors (Lipinski definition) is 6. The number of carbonyl (C=O) groups is 3. The second-order valence-corrected chi connectivity index (χ2v) is 9.64. The van der Waals surface area contributed by atoms with Crippen LogP contribution in [-0.2, 0) is 38.6 Å². The van der Waals surface area contributed by atoms with E-state index >= 15 is 0 Å². The molecule has 1 aliphatic heterocycles. The quantitative estimate of drug-likeness (QED) is 0.393. The predicted molar refractivity (Wildman–Crippen MR) is 149 cm³/mol. The van der Waals surface area contributed by atoms with Crippen LogP contribution in [0.15, 0.2) is 78.9 Å². The number of benzene rings is 3. The summed E-state index contributed by atoms with van der Waals surface area (Å²) in [6.07, 6.45) is -0.203. The van der Waals surface area contributed by atoms with Gasteiger partial charge in [0.2, 0.25) is 5.91 Å². The molecule has 2 N–H and O–H groups in total. The zero-order chi connectivity index (χ0) is 28.5. The Bertz CT molecular complexity index is 1390. The van der Waals surface area contributed by atoms with Crippen molar-refractivity contribution in [3.8, 4) is 6.07 Å². The molecule has 9 heteroatoms. The van der Waals surface area contributed by atoms with Crippen molar-refractivity contribution in [3.05, 3.63) is 101 Å². The predicted octanol–water partition coefficient (Wildman–Crippen LogP) is 4.17. The minimum Gasteiger partial charge on any atom is -0.469 e. The number of carbonyl (C=O) groups excluding carboxylic acids is 3. The van der Waals surface area contributed by atoms with Crippen LogP contribution >= 0.6 is 0 Å². The molecule has 0 fully saturated rings. The fourth-order valence-electron chi connectivity index (χ4n) is 4.74. The number of nitrogens with zero attached hydrogens (tertiary/aromatic N) is 2. The van der Waals surface area contributed by atoms with E-state index in [-0.39, 0.29) is 25.5 Å². The molecule has 206 valence electrons. The highest BCUT2D eigenvalue weighted by molar-refractivity contribution is 5.94. The van der Waals surface area contributed by atoms with Crippen molar-refractivity contribution in [2.24, 2.45) is 0 Å². The second-order valence-electron chi connectivity index (χ2n) is 9.64. The fraction of sp³-hybridized carbons (Fsp3) is 0.290. The number of esters is 1. The molecule has 0 radical (unpaired) electrons. The molecule has 3 aromatic carbocycles. The number of nitriles is 1. The van der Waals surface area contributed by atoms with Gasteiger partial charge < -0.3 is 25.0 Å². The van der Waals surface area contributed by atoms with Gasteiger partial charge in [-0.25, -0.2) is 4.79 Å². The number of hydrogen-bond donors (Lipinski definition) is 2. The molecule has 3 aromatic rings. The lowest BCUT2D eigenvalue weighted by Gasteiger charge is -2.39. The SMILES string of the molecule is COC(=O)C[C@H]1Cc2ccccc2CN1C(=O)[C@@H](NC(=O)Nc1cccc(C#N)c1)[C@@H](C)OCc1ccccc1. The Balaban J connectivity index is 1.58.